The first-order valence-corrected chi connectivity index (χ1v) is 8.97. The quantitative estimate of drug-likeness (QED) is 0.840. The van der Waals surface area contributed by atoms with Crippen LogP contribution in [-0.4, -0.2) is 47.5 Å². The second-order valence-electron chi connectivity index (χ2n) is 3.98. The highest BCUT2D eigenvalue weighted by molar-refractivity contribution is 7.91. The minimum Gasteiger partial charge on any atom is -0.329 e. The molecule has 1 aromatic carbocycles. The van der Waals surface area contributed by atoms with E-state index in [1.807, 2.05) is 0 Å². The summed E-state index contributed by atoms with van der Waals surface area (Å²) < 4.78 is 48.3. The molecular formula is C10H15ClN2O4S2. The van der Waals surface area contributed by atoms with E-state index in [1.165, 1.54) is 19.2 Å². The average molecular weight is 327 g/mol. The maximum atomic E-state index is 12.2. The SMILES string of the molecule is CN(CCN)S(=O)(=O)c1cc(S(C)(=O)=O)ccc1Cl. The summed E-state index contributed by atoms with van der Waals surface area (Å²) in [6.45, 7) is 0.265. The van der Waals surface area contributed by atoms with Crippen LogP contribution in [0.1, 0.15) is 0 Å². The van der Waals surface area contributed by atoms with Crippen molar-refractivity contribution in [3.8, 4) is 0 Å². The standard InChI is InChI=1S/C10H15ClN2O4S2/c1-13(6-5-12)19(16,17)10-7-8(18(2,14)15)3-4-9(10)11/h3-4,7H,5-6,12H2,1-2H3. The Morgan fingerprint density at radius 3 is 2.32 bits per heavy atom. The van der Waals surface area contributed by atoms with E-state index in [2.05, 4.69) is 0 Å². The fourth-order valence-corrected chi connectivity index (χ4v) is 3.79. The Morgan fingerprint density at radius 1 is 1.26 bits per heavy atom. The highest BCUT2D eigenvalue weighted by Crippen LogP contribution is 2.26. The van der Waals surface area contributed by atoms with Crippen molar-refractivity contribution in [2.75, 3.05) is 26.4 Å². The van der Waals surface area contributed by atoms with Crippen LogP contribution in [0.25, 0.3) is 0 Å². The molecule has 2 N–H and O–H groups in total. The fourth-order valence-electron chi connectivity index (χ4n) is 1.38. The Morgan fingerprint density at radius 2 is 1.84 bits per heavy atom. The van der Waals surface area contributed by atoms with Crippen LogP contribution in [0.2, 0.25) is 5.02 Å². The second kappa shape index (κ2) is 5.76. The highest BCUT2D eigenvalue weighted by atomic mass is 35.5. The van der Waals surface area contributed by atoms with Gasteiger partial charge in [0, 0.05) is 26.4 Å². The molecule has 19 heavy (non-hydrogen) atoms. The number of likely N-dealkylation sites (N-methyl/N-ethyl adjacent to an activating group) is 1. The van der Waals surface area contributed by atoms with Gasteiger partial charge in [-0.3, -0.25) is 0 Å². The molecule has 0 bridgehead atoms. The van der Waals surface area contributed by atoms with Crippen molar-refractivity contribution in [1.82, 2.24) is 4.31 Å². The third-order valence-electron chi connectivity index (χ3n) is 2.46. The van der Waals surface area contributed by atoms with Crippen LogP contribution < -0.4 is 5.73 Å². The first-order chi connectivity index (χ1) is 8.60. The van der Waals surface area contributed by atoms with Crippen molar-refractivity contribution in [1.29, 1.82) is 0 Å². The Balaban J connectivity index is 3.43. The fraction of sp³-hybridized carbons (Fsp3) is 0.400. The van der Waals surface area contributed by atoms with Crippen LogP contribution >= 0.6 is 11.6 Å². The van der Waals surface area contributed by atoms with E-state index in [-0.39, 0.29) is 27.9 Å². The largest absolute Gasteiger partial charge is 0.329 e. The number of halogens is 1. The zero-order chi connectivity index (χ0) is 14.8. The average Bonchev–Trinajstić information content (AvgIpc) is 2.28. The Kier molecular flexibility index (Phi) is 4.97. The molecule has 0 amide bonds. The molecule has 0 saturated carbocycles. The summed E-state index contributed by atoms with van der Waals surface area (Å²) in [5.74, 6) is 0. The lowest BCUT2D eigenvalue weighted by atomic mass is 10.4. The van der Waals surface area contributed by atoms with Crippen LogP contribution in [0, 0.1) is 0 Å². The van der Waals surface area contributed by atoms with Crippen LogP contribution in [0.5, 0.6) is 0 Å². The number of sulfonamides is 1. The van der Waals surface area contributed by atoms with Gasteiger partial charge >= 0.3 is 0 Å². The number of hydrogen-bond acceptors (Lipinski definition) is 5. The topological polar surface area (TPSA) is 97.5 Å². The Hall–Kier alpha value is -0.670. The maximum Gasteiger partial charge on any atom is 0.244 e. The number of sulfone groups is 1. The van der Waals surface area contributed by atoms with Gasteiger partial charge in [0.05, 0.1) is 9.92 Å². The number of rotatable bonds is 5. The minimum atomic E-state index is -3.86. The van der Waals surface area contributed by atoms with E-state index in [0.717, 1.165) is 16.6 Å². The van der Waals surface area contributed by atoms with Crippen molar-refractivity contribution >= 4 is 31.5 Å². The van der Waals surface area contributed by atoms with Crippen molar-refractivity contribution in [3.05, 3.63) is 23.2 Å². The molecule has 0 aliphatic carbocycles. The van der Waals surface area contributed by atoms with Gasteiger partial charge in [0.15, 0.2) is 9.84 Å². The normalized spacial score (nSPS) is 12.9. The highest BCUT2D eigenvalue weighted by Gasteiger charge is 2.24. The van der Waals surface area contributed by atoms with Gasteiger partial charge in [0.1, 0.15) is 4.90 Å². The van der Waals surface area contributed by atoms with Crippen molar-refractivity contribution in [2.24, 2.45) is 5.73 Å². The lowest BCUT2D eigenvalue weighted by Gasteiger charge is -2.17. The summed E-state index contributed by atoms with van der Waals surface area (Å²) in [6.07, 6.45) is 0.996. The lowest BCUT2D eigenvalue weighted by molar-refractivity contribution is 0.476. The predicted molar refractivity (Wildman–Crippen MR) is 73.4 cm³/mol. The maximum absolute atomic E-state index is 12.2. The molecule has 9 heteroatoms. The van der Waals surface area contributed by atoms with Gasteiger partial charge in [-0.25, -0.2) is 16.8 Å². The van der Waals surface area contributed by atoms with Gasteiger partial charge in [-0.2, -0.15) is 4.31 Å². The molecule has 1 aromatic rings. The van der Waals surface area contributed by atoms with Crippen LogP contribution in [0.4, 0.5) is 0 Å². The molecule has 0 atom stereocenters. The molecule has 1 rings (SSSR count). The number of nitrogens with zero attached hydrogens (tertiary/aromatic N) is 1. The molecule has 0 aromatic heterocycles. The summed E-state index contributed by atoms with van der Waals surface area (Å²) >= 11 is 5.84. The third kappa shape index (κ3) is 3.67. The van der Waals surface area contributed by atoms with E-state index in [9.17, 15) is 16.8 Å². The Labute approximate surface area is 118 Å². The van der Waals surface area contributed by atoms with E-state index >= 15 is 0 Å². The minimum absolute atomic E-state index is 0.0312. The first kappa shape index (κ1) is 16.4. The zero-order valence-electron chi connectivity index (χ0n) is 10.5. The molecular weight excluding hydrogens is 312 g/mol. The summed E-state index contributed by atoms with van der Waals surface area (Å²) in [5.41, 5.74) is 5.31. The van der Waals surface area contributed by atoms with Crippen molar-refractivity contribution in [2.45, 2.75) is 9.79 Å². The van der Waals surface area contributed by atoms with E-state index in [0.29, 0.717) is 0 Å². The second-order valence-corrected chi connectivity index (χ2v) is 8.42. The lowest BCUT2D eigenvalue weighted by Crippen LogP contribution is -2.32. The van der Waals surface area contributed by atoms with E-state index in [1.54, 1.807) is 0 Å². The molecule has 0 aliphatic rings. The molecule has 0 radical (unpaired) electrons. The molecule has 0 fully saturated rings. The number of hydrogen-bond donors (Lipinski definition) is 1. The van der Waals surface area contributed by atoms with E-state index < -0.39 is 19.9 Å². The van der Waals surface area contributed by atoms with Crippen LogP contribution in [-0.2, 0) is 19.9 Å². The van der Waals surface area contributed by atoms with Gasteiger partial charge in [-0.15, -0.1) is 0 Å². The molecule has 0 saturated heterocycles. The third-order valence-corrected chi connectivity index (χ3v) is 5.91. The van der Waals surface area contributed by atoms with Gasteiger partial charge in [-0.1, -0.05) is 11.6 Å². The summed E-state index contributed by atoms with van der Waals surface area (Å²) in [6, 6.07) is 3.57. The van der Waals surface area contributed by atoms with Crippen LogP contribution in [0.15, 0.2) is 28.0 Å². The molecule has 0 aliphatic heterocycles. The van der Waals surface area contributed by atoms with Crippen molar-refractivity contribution < 1.29 is 16.8 Å². The first-order valence-electron chi connectivity index (χ1n) is 5.26. The van der Waals surface area contributed by atoms with Gasteiger partial charge in [-0.05, 0) is 18.2 Å². The molecule has 0 heterocycles. The summed E-state index contributed by atoms with van der Waals surface area (Å²) in [4.78, 5) is -0.343. The Bertz CT molecular complexity index is 671. The monoisotopic (exact) mass is 326 g/mol. The number of nitrogens with two attached hydrogens (primary N) is 1. The zero-order valence-corrected chi connectivity index (χ0v) is 12.9. The van der Waals surface area contributed by atoms with Gasteiger partial charge < -0.3 is 5.73 Å². The number of benzene rings is 1. The van der Waals surface area contributed by atoms with Gasteiger partial charge in [0.2, 0.25) is 10.0 Å². The van der Waals surface area contributed by atoms with Crippen LogP contribution in [0.3, 0.4) is 0 Å². The molecule has 108 valence electrons. The van der Waals surface area contributed by atoms with Crippen molar-refractivity contribution in [3.63, 3.8) is 0 Å². The summed E-state index contributed by atoms with van der Waals surface area (Å²) in [5, 5.41) is -0.0312. The molecule has 0 spiro atoms. The van der Waals surface area contributed by atoms with E-state index in [4.69, 9.17) is 17.3 Å². The summed E-state index contributed by atoms with van der Waals surface area (Å²) in [7, 11) is -6.01. The molecule has 0 unspecified atom stereocenters. The molecule has 6 nitrogen and oxygen atoms in total. The van der Waals surface area contributed by atoms with Gasteiger partial charge in [0.25, 0.3) is 0 Å². The smallest absolute Gasteiger partial charge is 0.244 e. The predicted octanol–water partition coefficient (Wildman–Crippen LogP) is 0.323.